The van der Waals surface area contributed by atoms with Crippen LogP contribution in [0.2, 0.25) is 0 Å². The minimum atomic E-state index is -0.372. The zero-order chi connectivity index (χ0) is 13.5. The Kier molecular flexibility index (Phi) is 6.36. The van der Waals surface area contributed by atoms with E-state index in [1.165, 1.54) is 0 Å². The number of alkyl halides is 2. The highest BCUT2D eigenvalue weighted by Crippen LogP contribution is 2.18. The van der Waals surface area contributed by atoms with Gasteiger partial charge in [0.1, 0.15) is 0 Å². The van der Waals surface area contributed by atoms with Gasteiger partial charge in [-0.1, -0.05) is 22.0 Å². The molecule has 1 rings (SSSR count). The Hall–Kier alpha value is -0.870. The molecule has 3 nitrogen and oxygen atoms in total. The van der Waals surface area contributed by atoms with Crippen molar-refractivity contribution in [3.8, 4) is 0 Å². The van der Waals surface area contributed by atoms with Gasteiger partial charge in [-0.05, 0) is 24.6 Å². The number of halogens is 2. The van der Waals surface area contributed by atoms with Crippen molar-refractivity contribution in [2.24, 2.45) is 0 Å². The van der Waals surface area contributed by atoms with Crippen LogP contribution in [-0.4, -0.2) is 24.2 Å². The van der Waals surface area contributed by atoms with E-state index in [1.54, 1.807) is 25.1 Å². The molecule has 0 N–H and O–H groups in total. The molecule has 0 aliphatic carbocycles. The third-order valence-corrected chi connectivity index (χ3v) is 3.18. The number of hydrogen-bond donors (Lipinski definition) is 0. The molecule has 0 spiro atoms. The minimum Gasteiger partial charge on any atom is -0.462 e. The summed E-state index contributed by atoms with van der Waals surface area (Å²) in [5, 5.41) is 0.489. The van der Waals surface area contributed by atoms with Crippen LogP contribution in [0.5, 0.6) is 0 Å². The fraction of sp³-hybridized carbons (Fsp3) is 0.385. The Balaban J connectivity index is 3.03. The van der Waals surface area contributed by atoms with Crippen LogP contribution >= 0.6 is 27.5 Å². The Labute approximate surface area is 120 Å². The fourth-order valence-corrected chi connectivity index (χ4v) is 2.15. The van der Waals surface area contributed by atoms with Gasteiger partial charge in [-0.3, -0.25) is 4.79 Å². The van der Waals surface area contributed by atoms with Gasteiger partial charge in [0.05, 0.1) is 12.2 Å². The lowest BCUT2D eigenvalue weighted by atomic mass is 10.0. The second-order valence-electron chi connectivity index (χ2n) is 3.59. The van der Waals surface area contributed by atoms with Gasteiger partial charge in [0, 0.05) is 23.2 Å². The smallest absolute Gasteiger partial charge is 0.338 e. The minimum absolute atomic E-state index is 0.0254. The van der Waals surface area contributed by atoms with Crippen molar-refractivity contribution in [1.29, 1.82) is 0 Å². The highest BCUT2D eigenvalue weighted by atomic mass is 79.9. The topological polar surface area (TPSA) is 43.4 Å². The number of rotatable bonds is 6. The van der Waals surface area contributed by atoms with Crippen LogP contribution in [0.15, 0.2) is 18.2 Å². The monoisotopic (exact) mass is 332 g/mol. The van der Waals surface area contributed by atoms with Crippen LogP contribution in [0.1, 0.15) is 39.6 Å². The molecule has 0 amide bonds. The number of hydrogen-bond acceptors (Lipinski definition) is 3. The predicted molar refractivity (Wildman–Crippen MR) is 74.7 cm³/mol. The summed E-state index contributed by atoms with van der Waals surface area (Å²) in [5.74, 6) is -0.104. The summed E-state index contributed by atoms with van der Waals surface area (Å²) in [6, 6.07) is 4.96. The van der Waals surface area contributed by atoms with Crippen molar-refractivity contribution in [3.63, 3.8) is 0 Å². The molecule has 0 fully saturated rings. The SMILES string of the molecule is CCOC(=O)c1ccc(C(=O)CCCl)cc1CBr. The molecule has 98 valence electrons. The Morgan fingerprint density at radius 1 is 1.39 bits per heavy atom. The van der Waals surface area contributed by atoms with Crippen molar-refractivity contribution in [1.82, 2.24) is 0 Å². The van der Waals surface area contributed by atoms with Crippen LogP contribution < -0.4 is 0 Å². The highest BCUT2D eigenvalue weighted by molar-refractivity contribution is 9.08. The Morgan fingerprint density at radius 2 is 2.11 bits per heavy atom. The third kappa shape index (κ3) is 3.82. The van der Waals surface area contributed by atoms with Crippen LogP contribution in [0.25, 0.3) is 0 Å². The first-order valence-corrected chi connectivity index (χ1v) is 7.24. The number of carbonyl (C=O) groups excluding carboxylic acids is 2. The van der Waals surface area contributed by atoms with E-state index in [1.807, 2.05) is 0 Å². The summed E-state index contributed by atoms with van der Waals surface area (Å²) < 4.78 is 4.95. The third-order valence-electron chi connectivity index (χ3n) is 2.39. The van der Waals surface area contributed by atoms with Gasteiger partial charge >= 0.3 is 5.97 Å². The second-order valence-corrected chi connectivity index (χ2v) is 4.53. The maximum absolute atomic E-state index is 11.7. The molecule has 0 heterocycles. The van der Waals surface area contributed by atoms with Gasteiger partial charge in [0.2, 0.25) is 0 Å². The van der Waals surface area contributed by atoms with E-state index < -0.39 is 0 Å². The van der Waals surface area contributed by atoms with Crippen molar-refractivity contribution in [2.75, 3.05) is 12.5 Å². The lowest BCUT2D eigenvalue weighted by Gasteiger charge is -2.08. The highest BCUT2D eigenvalue weighted by Gasteiger charge is 2.14. The summed E-state index contributed by atoms with van der Waals surface area (Å²) in [7, 11) is 0. The molecular weight excluding hydrogens is 319 g/mol. The molecule has 5 heteroatoms. The van der Waals surface area contributed by atoms with Gasteiger partial charge in [-0.15, -0.1) is 11.6 Å². The summed E-state index contributed by atoms with van der Waals surface area (Å²) in [4.78, 5) is 23.4. The largest absolute Gasteiger partial charge is 0.462 e. The van der Waals surface area contributed by atoms with Gasteiger partial charge in [-0.25, -0.2) is 4.79 Å². The maximum Gasteiger partial charge on any atom is 0.338 e. The number of esters is 1. The molecular formula is C13H14BrClO3. The fourth-order valence-electron chi connectivity index (χ4n) is 1.52. The Morgan fingerprint density at radius 3 is 2.67 bits per heavy atom. The molecule has 0 unspecified atom stereocenters. The van der Waals surface area contributed by atoms with Gasteiger partial charge < -0.3 is 4.74 Å². The molecule has 0 bridgehead atoms. The first kappa shape index (κ1) is 15.2. The van der Waals surface area contributed by atoms with Crippen LogP contribution in [-0.2, 0) is 10.1 Å². The number of ketones is 1. The molecule has 0 saturated heterocycles. The number of Topliss-reactive ketones (excluding diaryl/α,β-unsaturated/α-hetero) is 1. The van der Waals surface area contributed by atoms with Crippen molar-refractivity contribution < 1.29 is 14.3 Å². The molecule has 0 aromatic heterocycles. The van der Waals surface area contributed by atoms with Crippen LogP contribution in [0.3, 0.4) is 0 Å². The Bertz CT molecular complexity index is 446. The number of carbonyl (C=O) groups is 2. The van der Waals surface area contributed by atoms with E-state index in [0.29, 0.717) is 35.4 Å². The van der Waals surface area contributed by atoms with E-state index in [4.69, 9.17) is 16.3 Å². The average Bonchev–Trinajstić information content (AvgIpc) is 2.38. The standard InChI is InChI=1S/C13H14BrClO3/c1-2-18-13(17)11-4-3-9(7-10(11)8-14)12(16)5-6-15/h3-4,7H,2,5-6,8H2,1H3. The summed E-state index contributed by atoms with van der Waals surface area (Å²) in [6.45, 7) is 2.08. The first-order chi connectivity index (χ1) is 8.63. The van der Waals surface area contributed by atoms with Crippen LogP contribution in [0, 0.1) is 0 Å². The maximum atomic E-state index is 11.7. The molecule has 18 heavy (non-hydrogen) atoms. The summed E-state index contributed by atoms with van der Waals surface area (Å²) >= 11 is 8.84. The summed E-state index contributed by atoms with van der Waals surface area (Å²) in [5.41, 5.74) is 1.79. The van der Waals surface area contributed by atoms with Gasteiger partial charge in [0.15, 0.2) is 5.78 Å². The van der Waals surface area contributed by atoms with E-state index in [2.05, 4.69) is 15.9 Å². The zero-order valence-corrected chi connectivity index (χ0v) is 12.4. The van der Waals surface area contributed by atoms with Gasteiger partial charge in [-0.2, -0.15) is 0 Å². The lowest BCUT2D eigenvalue weighted by molar-refractivity contribution is 0.0525. The average molecular weight is 334 g/mol. The van der Waals surface area contributed by atoms with Crippen LogP contribution in [0.4, 0.5) is 0 Å². The lowest BCUT2D eigenvalue weighted by Crippen LogP contribution is -2.09. The molecule has 0 radical (unpaired) electrons. The zero-order valence-electron chi connectivity index (χ0n) is 10.0. The van der Waals surface area contributed by atoms with E-state index >= 15 is 0 Å². The van der Waals surface area contributed by atoms with Gasteiger partial charge in [0.25, 0.3) is 0 Å². The number of ether oxygens (including phenoxy) is 1. The van der Waals surface area contributed by atoms with Crippen molar-refractivity contribution >= 4 is 39.3 Å². The normalized spacial score (nSPS) is 10.2. The molecule has 1 aromatic rings. The first-order valence-electron chi connectivity index (χ1n) is 5.59. The van der Waals surface area contributed by atoms with E-state index in [-0.39, 0.29) is 11.8 Å². The summed E-state index contributed by atoms with van der Waals surface area (Å²) in [6.07, 6.45) is 0.294. The molecule has 1 aromatic carbocycles. The number of benzene rings is 1. The molecule has 0 aliphatic rings. The molecule has 0 atom stereocenters. The van der Waals surface area contributed by atoms with E-state index in [9.17, 15) is 9.59 Å². The molecule has 0 saturated carbocycles. The predicted octanol–water partition coefficient (Wildman–Crippen LogP) is 3.57. The quantitative estimate of drug-likeness (QED) is 0.454. The molecule has 0 aliphatic heterocycles. The van der Waals surface area contributed by atoms with Crippen molar-refractivity contribution in [2.45, 2.75) is 18.7 Å². The second kappa shape index (κ2) is 7.54. The van der Waals surface area contributed by atoms with E-state index in [0.717, 1.165) is 5.56 Å². The van der Waals surface area contributed by atoms with Crippen molar-refractivity contribution in [3.05, 3.63) is 34.9 Å².